The fourth-order valence-electron chi connectivity index (χ4n) is 3.09. The number of carbonyl (C=O) groups excluding carboxylic acids is 1. The minimum Gasteiger partial charge on any atom is -0.444 e. The van der Waals surface area contributed by atoms with Gasteiger partial charge in [-0.2, -0.15) is 0 Å². The maximum atomic E-state index is 12.4. The number of aryl methyl sites for hydroxylation is 1. The Labute approximate surface area is 158 Å². The molecular weight excluding hydrogens is 338 g/mol. The first-order chi connectivity index (χ1) is 12.2. The molecule has 1 atom stereocenters. The Balaban J connectivity index is 2.18. The molecule has 0 aliphatic heterocycles. The van der Waals surface area contributed by atoms with E-state index < -0.39 is 13.7 Å². The Kier molecular flexibility index (Phi) is 6.65. The van der Waals surface area contributed by atoms with Crippen molar-refractivity contribution in [2.45, 2.75) is 58.0 Å². The van der Waals surface area contributed by atoms with E-state index in [2.05, 4.69) is 66.9 Å². The Morgan fingerprint density at radius 1 is 1.00 bits per heavy atom. The fourth-order valence-corrected chi connectivity index (χ4v) is 5.89. The number of hydrogen-bond acceptors (Lipinski definition) is 2. The van der Waals surface area contributed by atoms with Crippen LogP contribution in [0, 0.1) is 0 Å². The summed E-state index contributed by atoms with van der Waals surface area (Å²) in [4.78, 5) is 12.4. The van der Waals surface area contributed by atoms with E-state index in [0.717, 1.165) is 12.8 Å². The molecule has 0 aliphatic rings. The first kappa shape index (κ1) is 20.2. The molecule has 0 unspecified atom stereocenters. The molecule has 0 bridgehead atoms. The van der Waals surface area contributed by atoms with Crippen molar-refractivity contribution in [2.75, 3.05) is 0 Å². The lowest BCUT2D eigenvalue weighted by Crippen LogP contribution is -2.60. The number of amides is 1. The highest BCUT2D eigenvalue weighted by atomic mass is 28.3. The summed E-state index contributed by atoms with van der Waals surface area (Å²) < 4.78 is 5.52. The number of benzene rings is 2. The van der Waals surface area contributed by atoms with E-state index in [0.29, 0.717) is 0 Å². The minimum absolute atomic E-state index is 0.0972. The van der Waals surface area contributed by atoms with Crippen LogP contribution in [0.2, 0.25) is 13.1 Å². The summed E-state index contributed by atoms with van der Waals surface area (Å²) in [6.45, 7) is 10.3. The number of carbonyl (C=O) groups is 1. The molecule has 0 aromatic heterocycles. The normalized spacial score (nSPS) is 13.1. The van der Waals surface area contributed by atoms with Gasteiger partial charge in [0.15, 0.2) is 0 Å². The Bertz CT molecular complexity index is 693. The fraction of sp³-hybridized carbons (Fsp3) is 0.409. The van der Waals surface area contributed by atoms with Crippen LogP contribution in [0.15, 0.2) is 60.7 Å². The van der Waals surface area contributed by atoms with Gasteiger partial charge in [0.25, 0.3) is 0 Å². The molecule has 2 rings (SSSR count). The second kappa shape index (κ2) is 8.54. The molecule has 0 saturated heterocycles. The van der Waals surface area contributed by atoms with Gasteiger partial charge in [-0.15, -0.1) is 0 Å². The van der Waals surface area contributed by atoms with E-state index in [9.17, 15) is 4.79 Å². The quantitative estimate of drug-likeness (QED) is 0.752. The second-order valence-corrected chi connectivity index (χ2v) is 13.0. The van der Waals surface area contributed by atoms with Crippen LogP contribution in [0.3, 0.4) is 0 Å². The number of alkyl carbamates (subject to hydrolysis) is 1. The largest absolute Gasteiger partial charge is 0.444 e. The van der Waals surface area contributed by atoms with Gasteiger partial charge < -0.3 is 10.1 Å². The number of rotatable bonds is 6. The summed E-state index contributed by atoms with van der Waals surface area (Å²) in [5, 5.41) is 4.52. The van der Waals surface area contributed by atoms with Crippen molar-refractivity contribution in [1.29, 1.82) is 0 Å². The van der Waals surface area contributed by atoms with Crippen molar-refractivity contribution in [3.63, 3.8) is 0 Å². The van der Waals surface area contributed by atoms with Crippen LogP contribution in [-0.2, 0) is 11.2 Å². The Morgan fingerprint density at radius 3 is 2.08 bits per heavy atom. The number of hydrogen-bond donors (Lipinski definition) is 1. The standard InChI is InChI=1S/C22H31NO2Si/c1-22(2,3)25-21(24)23-20(17-16-18-12-8-6-9-13-18)26(4,5)19-14-10-7-11-15-19/h6-15,20H,16-17H2,1-5H3,(H,23,24)/t20-/m1/s1. The molecule has 0 aliphatic carbocycles. The first-order valence-electron chi connectivity index (χ1n) is 9.27. The molecule has 0 fully saturated rings. The van der Waals surface area contributed by atoms with E-state index in [4.69, 9.17) is 4.74 Å². The smallest absolute Gasteiger partial charge is 0.407 e. The predicted octanol–water partition coefficient (Wildman–Crippen LogP) is 4.67. The van der Waals surface area contributed by atoms with E-state index in [1.165, 1.54) is 10.8 Å². The highest BCUT2D eigenvalue weighted by Gasteiger charge is 2.35. The summed E-state index contributed by atoms with van der Waals surface area (Å²) in [5.74, 6) is 0. The van der Waals surface area contributed by atoms with Gasteiger partial charge in [0.05, 0.1) is 0 Å². The molecule has 2 aromatic carbocycles. The van der Waals surface area contributed by atoms with Gasteiger partial charge in [-0.1, -0.05) is 78.9 Å². The maximum absolute atomic E-state index is 12.4. The lowest BCUT2D eigenvalue weighted by atomic mass is 10.1. The molecule has 0 radical (unpaired) electrons. The SMILES string of the molecule is CC(C)(C)OC(=O)N[C@@H](CCc1ccccc1)[Si](C)(C)c1ccccc1. The van der Waals surface area contributed by atoms with Crippen LogP contribution in [0.1, 0.15) is 32.8 Å². The van der Waals surface area contributed by atoms with E-state index in [1.54, 1.807) is 0 Å². The summed E-state index contributed by atoms with van der Waals surface area (Å²) >= 11 is 0. The van der Waals surface area contributed by atoms with Crippen LogP contribution < -0.4 is 10.5 Å². The molecule has 2 aromatic rings. The van der Waals surface area contributed by atoms with Crippen molar-refractivity contribution in [2.24, 2.45) is 0 Å². The van der Waals surface area contributed by atoms with Crippen molar-refractivity contribution in [1.82, 2.24) is 5.32 Å². The average Bonchev–Trinajstić information content (AvgIpc) is 2.58. The third-order valence-electron chi connectivity index (χ3n) is 4.64. The van der Waals surface area contributed by atoms with Crippen LogP contribution in [-0.4, -0.2) is 25.4 Å². The molecule has 0 spiro atoms. The molecule has 26 heavy (non-hydrogen) atoms. The maximum Gasteiger partial charge on any atom is 0.407 e. The number of nitrogens with one attached hydrogen (secondary N) is 1. The molecule has 1 amide bonds. The Morgan fingerprint density at radius 2 is 1.54 bits per heavy atom. The van der Waals surface area contributed by atoms with Gasteiger partial charge in [0.2, 0.25) is 0 Å². The monoisotopic (exact) mass is 369 g/mol. The first-order valence-corrected chi connectivity index (χ1v) is 12.4. The zero-order valence-electron chi connectivity index (χ0n) is 16.6. The minimum atomic E-state index is -1.91. The van der Waals surface area contributed by atoms with Gasteiger partial charge in [-0.25, -0.2) is 4.79 Å². The summed E-state index contributed by atoms with van der Waals surface area (Å²) in [6, 6.07) is 21.0. The van der Waals surface area contributed by atoms with Crippen LogP contribution in [0.5, 0.6) is 0 Å². The Hall–Kier alpha value is -2.07. The van der Waals surface area contributed by atoms with E-state index in [-0.39, 0.29) is 11.8 Å². The van der Waals surface area contributed by atoms with Crippen LogP contribution in [0.4, 0.5) is 4.79 Å². The van der Waals surface area contributed by atoms with Crippen LogP contribution >= 0.6 is 0 Å². The van der Waals surface area contributed by atoms with E-state index in [1.807, 2.05) is 32.9 Å². The summed E-state index contributed by atoms with van der Waals surface area (Å²) in [6.07, 6.45) is 1.51. The molecule has 140 valence electrons. The van der Waals surface area contributed by atoms with Gasteiger partial charge in [0.1, 0.15) is 13.7 Å². The molecular formula is C22H31NO2Si. The lowest BCUT2D eigenvalue weighted by Gasteiger charge is -2.34. The van der Waals surface area contributed by atoms with Crippen molar-refractivity contribution in [3.05, 3.63) is 66.2 Å². The third-order valence-corrected chi connectivity index (χ3v) is 8.64. The lowest BCUT2D eigenvalue weighted by molar-refractivity contribution is 0.0517. The third kappa shape index (κ3) is 6.02. The molecule has 0 heterocycles. The zero-order chi connectivity index (χ0) is 19.2. The average molecular weight is 370 g/mol. The number of ether oxygens (including phenoxy) is 1. The molecule has 4 heteroatoms. The van der Waals surface area contributed by atoms with Gasteiger partial charge in [0, 0.05) is 5.67 Å². The molecule has 1 N–H and O–H groups in total. The highest BCUT2D eigenvalue weighted by Crippen LogP contribution is 2.17. The van der Waals surface area contributed by atoms with Gasteiger partial charge in [-0.3, -0.25) is 0 Å². The van der Waals surface area contributed by atoms with Crippen molar-refractivity contribution >= 4 is 19.4 Å². The van der Waals surface area contributed by atoms with Crippen molar-refractivity contribution < 1.29 is 9.53 Å². The summed E-state index contributed by atoms with van der Waals surface area (Å²) in [7, 11) is -1.91. The second-order valence-electron chi connectivity index (χ2n) is 8.31. The summed E-state index contributed by atoms with van der Waals surface area (Å²) in [5.41, 5.74) is 0.897. The predicted molar refractivity (Wildman–Crippen MR) is 111 cm³/mol. The van der Waals surface area contributed by atoms with Crippen molar-refractivity contribution in [3.8, 4) is 0 Å². The van der Waals surface area contributed by atoms with Gasteiger partial charge in [-0.05, 0) is 39.2 Å². The van der Waals surface area contributed by atoms with Gasteiger partial charge >= 0.3 is 6.09 Å². The zero-order valence-corrected chi connectivity index (χ0v) is 17.6. The molecule has 3 nitrogen and oxygen atoms in total. The topological polar surface area (TPSA) is 38.3 Å². The molecule has 0 saturated carbocycles. The highest BCUT2D eigenvalue weighted by molar-refractivity contribution is 6.91. The van der Waals surface area contributed by atoms with E-state index >= 15 is 0 Å². The van der Waals surface area contributed by atoms with Crippen LogP contribution in [0.25, 0.3) is 0 Å².